The van der Waals surface area contributed by atoms with Crippen LogP contribution >= 0.6 is 0 Å². The Balaban J connectivity index is 2.18. The first-order valence-corrected chi connectivity index (χ1v) is 3.72. The maximum atomic E-state index is 5.40. The molecule has 4 nitrogen and oxygen atoms in total. The van der Waals surface area contributed by atoms with Gasteiger partial charge in [0.05, 0.1) is 18.8 Å². The van der Waals surface area contributed by atoms with Gasteiger partial charge in [-0.2, -0.15) is 5.10 Å². The molecule has 0 amide bonds. The summed E-state index contributed by atoms with van der Waals surface area (Å²) in [5.74, 6) is 0.872. The van der Waals surface area contributed by atoms with E-state index in [0.29, 0.717) is 6.04 Å². The van der Waals surface area contributed by atoms with Crippen molar-refractivity contribution in [2.45, 2.75) is 12.6 Å². The third kappa shape index (κ3) is 1.09. The second-order valence-electron chi connectivity index (χ2n) is 2.65. The third-order valence-electron chi connectivity index (χ3n) is 1.91. The molecule has 0 fully saturated rings. The molecule has 1 aliphatic heterocycles. The predicted molar refractivity (Wildman–Crippen MR) is 40.6 cm³/mol. The zero-order chi connectivity index (χ0) is 7.68. The molecule has 1 aromatic rings. The van der Waals surface area contributed by atoms with Gasteiger partial charge in [0.15, 0.2) is 0 Å². The zero-order valence-electron chi connectivity index (χ0n) is 6.45. The molecule has 2 rings (SSSR count). The lowest BCUT2D eigenvalue weighted by molar-refractivity contribution is 0.189. The summed E-state index contributed by atoms with van der Waals surface area (Å²) in [5, 5.41) is 7.26. The first kappa shape index (κ1) is 6.67. The van der Waals surface area contributed by atoms with Crippen LogP contribution in [0.1, 0.15) is 0 Å². The van der Waals surface area contributed by atoms with E-state index in [-0.39, 0.29) is 0 Å². The van der Waals surface area contributed by atoms with E-state index in [0.717, 1.165) is 19.0 Å². The molecule has 0 saturated heterocycles. The minimum Gasteiger partial charge on any atom is -0.476 e. The van der Waals surface area contributed by atoms with Crippen molar-refractivity contribution in [2.75, 3.05) is 13.7 Å². The van der Waals surface area contributed by atoms with Crippen molar-refractivity contribution >= 4 is 0 Å². The second-order valence-corrected chi connectivity index (χ2v) is 2.65. The van der Waals surface area contributed by atoms with Crippen LogP contribution in [0.5, 0.6) is 5.88 Å². The van der Waals surface area contributed by atoms with E-state index < -0.39 is 0 Å². The van der Waals surface area contributed by atoms with Crippen LogP contribution < -0.4 is 10.1 Å². The smallest absolute Gasteiger partial charge is 0.211 e. The van der Waals surface area contributed by atoms with Crippen LogP contribution in [0.4, 0.5) is 0 Å². The Kier molecular flexibility index (Phi) is 1.54. The molecule has 0 bridgehead atoms. The first-order valence-electron chi connectivity index (χ1n) is 3.72. The van der Waals surface area contributed by atoms with Gasteiger partial charge in [-0.05, 0) is 7.05 Å². The Hall–Kier alpha value is -1.03. The van der Waals surface area contributed by atoms with E-state index in [9.17, 15) is 0 Å². The largest absolute Gasteiger partial charge is 0.476 e. The SMILES string of the molecule is CNC1COc2ccnn2C1. The van der Waals surface area contributed by atoms with E-state index in [1.54, 1.807) is 6.20 Å². The van der Waals surface area contributed by atoms with Crippen molar-refractivity contribution in [3.05, 3.63) is 12.3 Å². The molecule has 1 N–H and O–H groups in total. The van der Waals surface area contributed by atoms with Gasteiger partial charge in [-0.25, -0.2) is 4.68 Å². The van der Waals surface area contributed by atoms with E-state index in [1.807, 2.05) is 17.8 Å². The number of ether oxygens (including phenoxy) is 1. The summed E-state index contributed by atoms with van der Waals surface area (Å²) >= 11 is 0. The van der Waals surface area contributed by atoms with E-state index in [1.165, 1.54) is 0 Å². The van der Waals surface area contributed by atoms with Crippen LogP contribution in [0, 0.1) is 0 Å². The van der Waals surface area contributed by atoms with Crippen molar-refractivity contribution in [3.8, 4) is 5.88 Å². The molecule has 0 aliphatic carbocycles. The third-order valence-corrected chi connectivity index (χ3v) is 1.91. The fourth-order valence-electron chi connectivity index (χ4n) is 1.20. The molecule has 1 atom stereocenters. The number of rotatable bonds is 1. The molecule has 0 radical (unpaired) electrons. The minimum absolute atomic E-state index is 0.391. The molecule has 11 heavy (non-hydrogen) atoms. The molecule has 0 saturated carbocycles. The summed E-state index contributed by atoms with van der Waals surface area (Å²) in [6.07, 6.45) is 1.76. The number of fused-ring (bicyclic) bond motifs is 1. The van der Waals surface area contributed by atoms with Crippen LogP contribution in [-0.2, 0) is 6.54 Å². The lowest BCUT2D eigenvalue weighted by atomic mass is 10.3. The summed E-state index contributed by atoms with van der Waals surface area (Å²) in [4.78, 5) is 0. The van der Waals surface area contributed by atoms with Crippen molar-refractivity contribution in [2.24, 2.45) is 0 Å². The highest BCUT2D eigenvalue weighted by molar-refractivity contribution is 5.09. The van der Waals surface area contributed by atoms with Gasteiger partial charge in [0.25, 0.3) is 0 Å². The highest BCUT2D eigenvalue weighted by Crippen LogP contribution is 2.14. The van der Waals surface area contributed by atoms with Gasteiger partial charge in [-0.3, -0.25) is 0 Å². The van der Waals surface area contributed by atoms with Crippen molar-refractivity contribution in [3.63, 3.8) is 0 Å². The molecular weight excluding hydrogens is 142 g/mol. The molecule has 0 aromatic carbocycles. The normalized spacial score (nSPS) is 22.5. The molecule has 1 unspecified atom stereocenters. The van der Waals surface area contributed by atoms with Crippen LogP contribution in [-0.4, -0.2) is 29.5 Å². The van der Waals surface area contributed by atoms with Crippen LogP contribution in [0.15, 0.2) is 12.3 Å². The molecule has 1 aliphatic rings. The lowest BCUT2D eigenvalue weighted by Crippen LogP contribution is -2.39. The fourth-order valence-corrected chi connectivity index (χ4v) is 1.20. The quantitative estimate of drug-likeness (QED) is 0.610. The van der Waals surface area contributed by atoms with Gasteiger partial charge < -0.3 is 10.1 Å². The maximum absolute atomic E-state index is 5.40. The maximum Gasteiger partial charge on any atom is 0.211 e. The van der Waals surface area contributed by atoms with Crippen molar-refractivity contribution in [1.82, 2.24) is 15.1 Å². The zero-order valence-corrected chi connectivity index (χ0v) is 6.45. The number of nitrogens with zero attached hydrogens (tertiary/aromatic N) is 2. The summed E-state index contributed by atoms with van der Waals surface area (Å²) in [6, 6.07) is 2.27. The van der Waals surface area contributed by atoms with Crippen LogP contribution in [0.2, 0.25) is 0 Å². The number of nitrogens with one attached hydrogen (secondary N) is 1. The fraction of sp³-hybridized carbons (Fsp3) is 0.571. The summed E-state index contributed by atoms with van der Waals surface area (Å²) in [5.41, 5.74) is 0. The van der Waals surface area contributed by atoms with Crippen LogP contribution in [0.3, 0.4) is 0 Å². The topological polar surface area (TPSA) is 39.1 Å². The molecule has 0 spiro atoms. The van der Waals surface area contributed by atoms with Crippen molar-refractivity contribution < 1.29 is 4.74 Å². The molecule has 1 aromatic heterocycles. The van der Waals surface area contributed by atoms with Crippen LogP contribution in [0.25, 0.3) is 0 Å². The molecule has 4 heteroatoms. The Morgan fingerprint density at radius 3 is 3.55 bits per heavy atom. The second kappa shape index (κ2) is 2.54. The van der Waals surface area contributed by atoms with Gasteiger partial charge in [0.2, 0.25) is 5.88 Å². The highest BCUT2D eigenvalue weighted by atomic mass is 16.5. The molecule has 2 heterocycles. The van der Waals surface area contributed by atoms with Gasteiger partial charge >= 0.3 is 0 Å². The van der Waals surface area contributed by atoms with E-state index >= 15 is 0 Å². The minimum atomic E-state index is 0.391. The Bertz CT molecular complexity index is 246. The van der Waals surface area contributed by atoms with Gasteiger partial charge in [0, 0.05) is 6.07 Å². The average molecular weight is 153 g/mol. The number of aromatic nitrogens is 2. The standard InChI is InChI=1S/C7H11N3O/c1-8-6-4-10-7(11-5-6)2-3-9-10/h2-3,6,8H,4-5H2,1H3. The van der Waals surface area contributed by atoms with E-state index in [4.69, 9.17) is 4.74 Å². The van der Waals surface area contributed by atoms with E-state index in [2.05, 4.69) is 10.4 Å². The Morgan fingerprint density at radius 1 is 1.82 bits per heavy atom. The Labute approximate surface area is 65.2 Å². The van der Waals surface area contributed by atoms with Crippen molar-refractivity contribution in [1.29, 1.82) is 0 Å². The molecule has 60 valence electrons. The first-order chi connectivity index (χ1) is 5.40. The summed E-state index contributed by atoms with van der Waals surface area (Å²) in [7, 11) is 1.93. The summed E-state index contributed by atoms with van der Waals surface area (Å²) in [6.45, 7) is 1.64. The van der Waals surface area contributed by atoms with Gasteiger partial charge in [-0.1, -0.05) is 0 Å². The average Bonchev–Trinajstić information content (AvgIpc) is 2.50. The number of likely N-dealkylation sites (N-methyl/N-ethyl adjacent to an activating group) is 1. The number of hydrogen-bond donors (Lipinski definition) is 1. The Morgan fingerprint density at radius 2 is 2.73 bits per heavy atom. The van der Waals surface area contributed by atoms with Gasteiger partial charge in [-0.15, -0.1) is 0 Å². The highest BCUT2D eigenvalue weighted by Gasteiger charge is 2.17. The monoisotopic (exact) mass is 153 g/mol. The molecular formula is C7H11N3O. The number of hydrogen-bond acceptors (Lipinski definition) is 3. The lowest BCUT2D eigenvalue weighted by Gasteiger charge is -2.23. The summed E-state index contributed by atoms with van der Waals surface area (Å²) < 4.78 is 7.27. The van der Waals surface area contributed by atoms with Gasteiger partial charge in [0.1, 0.15) is 6.61 Å². The predicted octanol–water partition coefficient (Wildman–Crippen LogP) is -0.137.